The molecule has 4 aromatic rings. The minimum atomic E-state index is -3.67. The molecule has 6 nitrogen and oxygen atoms in total. The number of nitrogens with zero attached hydrogens (tertiary/aromatic N) is 2. The number of sulfonamides is 1. The van der Waals surface area contributed by atoms with Crippen LogP contribution in [0, 0.1) is 6.92 Å². The van der Waals surface area contributed by atoms with Crippen LogP contribution < -0.4 is 9.62 Å². The van der Waals surface area contributed by atoms with Crippen LogP contribution in [-0.4, -0.2) is 31.2 Å². The van der Waals surface area contributed by atoms with E-state index in [9.17, 15) is 13.2 Å². The van der Waals surface area contributed by atoms with E-state index in [2.05, 4.69) is 28.9 Å². The monoisotopic (exact) mass is 463 g/mol. The number of para-hydroxylation sites is 1. The highest BCUT2D eigenvalue weighted by atomic mass is 32.2. The number of aryl methyl sites for hydroxylation is 2. The van der Waals surface area contributed by atoms with Crippen molar-refractivity contribution in [1.82, 2.24) is 4.57 Å². The second-order valence-corrected chi connectivity index (χ2v) is 10.2. The predicted octanol–water partition coefficient (Wildman–Crippen LogP) is 5.31. The Kier molecular flexibility index (Phi) is 6.17. The van der Waals surface area contributed by atoms with E-state index in [1.807, 2.05) is 56.3 Å². The maximum absolute atomic E-state index is 13.3. The third kappa shape index (κ3) is 4.33. The van der Waals surface area contributed by atoms with Crippen LogP contribution in [0.3, 0.4) is 0 Å². The van der Waals surface area contributed by atoms with Crippen molar-refractivity contribution in [2.24, 2.45) is 0 Å². The Morgan fingerprint density at radius 1 is 0.970 bits per heavy atom. The summed E-state index contributed by atoms with van der Waals surface area (Å²) >= 11 is 0. The lowest BCUT2D eigenvalue weighted by Gasteiger charge is -2.30. The minimum Gasteiger partial charge on any atom is -0.341 e. The highest BCUT2D eigenvalue weighted by Crippen LogP contribution is 2.31. The van der Waals surface area contributed by atoms with E-state index >= 15 is 0 Å². The number of amides is 1. The van der Waals surface area contributed by atoms with Gasteiger partial charge in [0.15, 0.2) is 0 Å². The summed E-state index contributed by atoms with van der Waals surface area (Å²) in [6.07, 6.45) is 1.47. The normalized spacial score (nSPS) is 12.7. The number of carbonyl (C=O) groups is 1. The summed E-state index contributed by atoms with van der Waals surface area (Å²) in [6, 6.07) is 20.3. The number of aromatic nitrogens is 1. The zero-order valence-corrected chi connectivity index (χ0v) is 20.2. The molecule has 33 heavy (non-hydrogen) atoms. The molecule has 0 bridgehead atoms. The maximum Gasteiger partial charge on any atom is 0.248 e. The summed E-state index contributed by atoms with van der Waals surface area (Å²) in [5, 5.41) is 5.13. The Hall–Kier alpha value is -3.32. The standard InChI is InChI=1S/C26H29N3O3S/c1-5-23(29(33(4,31)32)20-14-11-18(3)12-15-20)26(30)27-19-13-16-25-22(17-19)21-9-7-8-10-24(21)28(25)6-2/h7-17,23H,5-6H2,1-4H3,(H,27,30). The van der Waals surface area contributed by atoms with Gasteiger partial charge in [-0.3, -0.25) is 9.10 Å². The number of anilines is 2. The molecule has 3 aromatic carbocycles. The van der Waals surface area contributed by atoms with Gasteiger partial charge in [-0.05, 0) is 56.7 Å². The van der Waals surface area contributed by atoms with E-state index in [0.717, 1.165) is 40.2 Å². The van der Waals surface area contributed by atoms with Gasteiger partial charge < -0.3 is 9.88 Å². The maximum atomic E-state index is 13.3. The topological polar surface area (TPSA) is 71.4 Å². The second-order valence-electron chi connectivity index (χ2n) is 8.30. The van der Waals surface area contributed by atoms with Crippen LogP contribution in [-0.2, 0) is 21.4 Å². The fourth-order valence-corrected chi connectivity index (χ4v) is 5.66. The molecule has 4 rings (SSSR count). The van der Waals surface area contributed by atoms with Crippen LogP contribution in [0.5, 0.6) is 0 Å². The number of hydrogen-bond donors (Lipinski definition) is 1. The summed E-state index contributed by atoms with van der Waals surface area (Å²) in [5.74, 6) is -0.359. The van der Waals surface area contributed by atoms with Crippen LogP contribution >= 0.6 is 0 Å². The summed E-state index contributed by atoms with van der Waals surface area (Å²) < 4.78 is 28.8. The molecule has 0 aliphatic heterocycles. The summed E-state index contributed by atoms with van der Waals surface area (Å²) in [4.78, 5) is 13.3. The zero-order chi connectivity index (χ0) is 23.8. The fourth-order valence-electron chi connectivity index (χ4n) is 4.45. The van der Waals surface area contributed by atoms with Gasteiger partial charge in [0.2, 0.25) is 15.9 Å². The number of hydrogen-bond acceptors (Lipinski definition) is 3. The molecule has 172 valence electrons. The van der Waals surface area contributed by atoms with Gasteiger partial charge >= 0.3 is 0 Å². The van der Waals surface area contributed by atoms with Crippen molar-refractivity contribution in [3.05, 3.63) is 72.3 Å². The molecular weight excluding hydrogens is 434 g/mol. The van der Waals surface area contributed by atoms with Crippen LogP contribution in [0.25, 0.3) is 21.8 Å². The van der Waals surface area contributed by atoms with Crippen molar-refractivity contribution in [3.63, 3.8) is 0 Å². The van der Waals surface area contributed by atoms with Gasteiger partial charge in [0.05, 0.1) is 11.9 Å². The Morgan fingerprint density at radius 3 is 2.27 bits per heavy atom. The van der Waals surface area contributed by atoms with Gasteiger partial charge in [0.1, 0.15) is 6.04 Å². The molecule has 0 aliphatic rings. The average Bonchev–Trinajstić information content (AvgIpc) is 3.10. The van der Waals surface area contributed by atoms with E-state index in [1.165, 1.54) is 4.31 Å². The van der Waals surface area contributed by atoms with Crippen molar-refractivity contribution in [2.75, 3.05) is 15.9 Å². The first-order valence-electron chi connectivity index (χ1n) is 11.1. The first-order chi connectivity index (χ1) is 15.7. The highest BCUT2D eigenvalue weighted by Gasteiger charge is 2.31. The molecule has 0 fully saturated rings. The first-order valence-corrected chi connectivity index (χ1v) is 13.0. The highest BCUT2D eigenvalue weighted by molar-refractivity contribution is 7.92. The van der Waals surface area contributed by atoms with Gasteiger partial charge in [0, 0.05) is 34.0 Å². The van der Waals surface area contributed by atoms with E-state index in [0.29, 0.717) is 17.8 Å². The third-order valence-electron chi connectivity index (χ3n) is 5.97. The molecule has 1 unspecified atom stereocenters. The summed E-state index contributed by atoms with van der Waals surface area (Å²) in [6.45, 7) is 6.70. The Bertz CT molecular complexity index is 1420. The van der Waals surface area contributed by atoms with Crippen LogP contribution in [0.15, 0.2) is 66.7 Å². The largest absolute Gasteiger partial charge is 0.341 e. The number of carbonyl (C=O) groups excluding carboxylic acids is 1. The van der Waals surface area contributed by atoms with Crippen LogP contribution in [0.1, 0.15) is 25.8 Å². The summed E-state index contributed by atoms with van der Waals surface area (Å²) in [5.41, 5.74) is 4.38. The van der Waals surface area contributed by atoms with Crippen molar-refractivity contribution in [1.29, 1.82) is 0 Å². The smallest absolute Gasteiger partial charge is 0.248 e. The minimum absolute atomic E-state index is 0.337. The van der Waals surface area contributed by atoms with E-state index in [4.69, 9.17) is 0 Å². The molecule has 0 radical (unpaired) electrons. The number of fused-ring (bicyclic) bond motifs is 3. The zero-order valence-electron chi connectivity index (χ0n) is 19.4. The van der Waals surface area contributed by atoms with Crippen molar-refractivity contribution in [3.8, 4) is 0 Å². The second kappa shape index (κ2) is 8.90. The van der Waals surface area contributed by atoms with Gasteiger partial charge in [-0.25, -0.2) is 8.42 Å². The Labute approximate surface area is 194 Å². The van der Waals surface area contributed by atoms with Gasteiger partial charge in [-0.15, -0.1) is 0 Å². The van der Waals surface area contributed by atoms with Gasteiger partial charge in [0.25, 0.3) is 0 Å². The number of rotatable bonds is 7. The molecule has 1 aromatic heterocycles. The van der Waals surface area contributed by atoms with Crippen molar-refractivity contribution < 1.29 is 13.2 Å². The van der Waals surface area contributed by atoms with E-state index in [-0.39, 0.29) is 5.91 Å². The number of benzene rings is 3. The molecule has 0 spiro atoms. The Balaban J connectivity index is 1.71. The summed E-state index contributed by atoms with van der Waals surface area (Å²) in [7, 11) is -3.67. The molecule has 7 heteroatoms. The van der Waals surface area contributed by atoms with Crippen LogP contribution in [0.4, 0.5) is 11.4 Å². The number of nitrogens with one attached hydrogen (secondary N) is 1. The lowest BCUT2D eigenvalue weighted by molar-refractivity contribution is -0.117. The SMILES string of the molecule is CCC(C(=O)Nc1ccc2c(c1)c1ccccc1n2CC)N(c1ccc(C)cc1)S(C)(=O)=O. The van der Waals surface area contributed by atoms with E-state index in [1.54, 1.807) is 12.1 Å². The molecule has 0 saturated heterocycles. The van der Waals surface area contributed by atoms with E-state index < -0.39 is 16.1 Å². The molecule has 1 amide bonds. The average molecular weight is 464 g/mol. The lowest BCUT2D eigenvalue weighted by atomic mass is 10.1. The third-order valence-corrected chi connectivity index (χ3v) is 7.15. The molecule has 0 aliphatic carbocycles. The van der Waals surface area contributed by atoms with Crippen molar-refractivity contribution in [2.45, 2.75) is 39.8 Å². The quantitative estimate of drug-likeness (QED) is 0.404. The molecule has 1 heterocycles. The molecule has 1 atom stereocenters. The van der Waals surface area contributed by atoms with Crippen molar-refractivity contribution >= 4 is 49.1 Å². The van der Waals surface area contributed by atoms with Crippen LogP contribution in [0.2, 0.25) is 0 Å². The predicted molar refractivity (Wildman–Crippen MR) is 136 cm³/mol. The molecule has 0 saturated carbocycles. The Morgan fingerprint density at radius 2 is 1.64 bits per heavy atom. The lowest BCUT2D eigenvalue weighted by Crippen LogP contribution is -2.47. The van der Waals surface area contributed by atoms with Gasteiger partial charge in [-0.1, -0.05) is 42.8 Å². The first kappa shape index (κ1) is 22.9. The molecule has 1 N–H and O–H groups in total. The fraction of sp³-hybridized carbons (Fsp3) is 0.269. The molecular formula is C26H29N3O3S. The van der Waals surface area contributed by atoms with Gasteiger partial charge in [-0.2, -0.15) is 0 Å².